The summed E-state index contributed by atoms with van der Waals surface area (Å²) < 4.78 is 0. The lowest BCUT2D eigenvalue weighted by atomic mass is 10.1. The second-order valence-electron chi connectivity index (χ2n) is 6.91. The van der Waals surface area contributed by atoms with Crippen LogP contribution in [-0.2, 0) is 16.1 Å². The van der Waals surface area contributed by atoms with Crippen LogP contribution in [0.15, 0.2) is 48.7 Å². The van der Waals surface area contributed by atoms with Crippen molar-refractivity contribution in [2.75, 3.05) is 6.54 Å². The Morgan fingerprint density at radius 1 is 1.21 bits per heavy atom. The lowest BCUT2D eigenvalue weighted by Gasteiger charge is -2.07. The van der Waals surface area contributed by atoms with E-state index in [0.717, 1.165) is 22.6 Å². The standard InChI is InChI=1S/C21H21N5O2/c1-13-5-7-14(8-6-13)19-20(16-4-2-3-9-22-16)26-17(25-19)12-24-21(28)15-10-18(27)23-11-15/h2-9,15H,10-12H2,1H3,(H,23,27)(H,24,28)(H,25,26)/t15-/m1/s1. The van der Waals surface area contributed by atoms with E-state index >= 15 is 0 Å². The van der Waals surface area contributed by atoms with Gasteiger partial charge in [-0.1, -0.05) is 35.9 Å². The minimum atomic E-state index is -0.325. The van der Waals surface area contributed by atoms with E-state index in [1.165, 1.54) is 5.56 Å². The molecule has 0 spiro atoms. The van der Waals surface area contributed by atoms with Gasteiger partial charge in [0.1, 0.15) is 5.82 Å². The van der Waals surface area contributed by atoms with Crippen LogP contribution >= 0.6 is 0 Å². The van der Waals surface area contributed by atoms with E-state index in [2.05, 4.69) is 20.6 Å². The largest absolute Gasteiger partial charge is 0.355 e. The van der Waals surface area contributed by atoms with Crippen molar-refractivity contribution < 1.29 is 9.59 Å². The van der Waals surface area contributed by atoms with Gasteiger partial charge in [0.15, 0.2) is 0 Å². The SMILES string of the molecule is Cc1ccc(-c2nc(CNC(=O)[C@H]3CNC(=O)C3)[nH]c2-c2ccccn2)cc1. The van der Waals surface area contributed by atoms with Crippen LogP contribution in [0.3, 0.4) is 0 Å². The molecule has 3 aromatic rings. The number of benzene rings is 1. The highest BCUT2D eigenvalue weighted by atomic mass is 16.2. The molecule has 7 nitrogen and oxygen atoms in total. The van der Waals surface area contributed by atoms with Gasteiger partial charge in [0.25, 0.3) is 0 Å². The Balaban J connectivity index is 1.59. The number of aryl methyl sites for hydroxylation is 1. The summed E-state index contributed by atoms with van der Waals surface area (Å²) in [6.45, 7) is 2.68. The van der Waals surface area contributed by atoms with E-state index < -0.39 is 0 Å². The molecule has 0 unspecified atom stereocenters. The van der Waals surface area contributed by atoms with Crippen LogP contribution in [0.4, 0.5) is 0 Å². The summed E-state index contributed by atoms with van der Waals surface area (Å²) in [5.41, 5.74) is 4.54. The number of carbonyl (C=O) groups excluding carboxylic acids is 2. The fourth-order valence-electron chi connectivity index (χ4n) is 3.23. The van der Waals surface area contributed by atoms with E-state index in [0.29, 0.717) is 12.4 Å². The van der Waals surface area contributed by atoms with Crippen LogP contribution in [-0.4, -0.2) is 33.3 Å². The number of imidazole rings is 1. The highest BCUT2D eigenvalue weighted by Gasteiger charge is 2.27. The summed E-state index contributed by atoms with van der Waals surface area (Å²) in [6.07, 6.45) is 1.97. The van der Waals surface area contributed by atoms with Gasteiger partial charge in [0.05, 0.1) is 29.5 Å². The molecule has 7 heteroatoms. The molecule has 3 heterocycles. The van der Waals surface area contributed by atoms with Crippen LogP contribution in [0.5, 0.6) is 0 Å². The maximum atomic E-state index is 12.3. The third kappa shape index (κ3) is 3.78. The quantitative estimate of drug-likeness (QED) is 0.636. The van der Waals surface area contributed by atoms with Crippen molar-refractivity contribution >= 4 is 11.8 Å². The summed E-state index contributed by atoms with van der Waals surface area (Å²) in [5.74, 6) is 0.0828. The van der Waals surface area contributed by atoms with Gasteiger partial charge in [-0.25, -0.2) is 4.98 Å². The number of nitrogens with one attached hydrogen (secondary N) is 3. The summed E-state index contributed by atoms with van der Waals surface area (Å²) in [6, 6.07) is 13.8. The van der Waals surface area contributed by atoms with Gasteiger partial charge < -0.3 is 15.6 Å². The molecule has 0 aliphatic carbocycles. The average Bonchev–Trinajstić information content (AvgIpc) is 3.34. The van der Waals surface area contributed by atoms with Crippen molar-refractivity contribution in [2.24, 2.45) is 5.92 Å². The molecule has 28 heavy (non-hydrogen) atoms. The number of aromatic nitrogens is 3. The Labute approximate surface area is 162 Å². The average molecular weight is 375 g/mol. The molecular formula is C21H21N5O2. The molecule has 142 valence electrons. The zero-order chi connectivity index (χ0) is 19.5. The topological polar surface area (TPSA) is 99.8 Å². The fraction of sp³-hybridized carbons (Fsp3) is 0.238. The lowest BCUT2D eigenvalue weighted by molar-refractivity contribution is -0.126. The highest BCUT2D eigenvalue weighted by Crippen LogP contribution is 2.29. The van der Waals surface area contributed by atoms with E-state index in [4.69, 9.17) is 4.98 Å². The normalized spacial score (nSPS) is 16.0. The first-order valence-electron chi connectivity index (χ1n) is 9.22. The van der Waals surface area contributed by atoms with Crippen LogP contribution in [0.1, 0.15) is 17.8 Å². The highest BCUT2D eigenvalue weighted by molar-refractivity contribution is 5.89. The number of pyridine rings is 1. The molecule has 1 saturated heterocycles. The van der Waals surface area contributed by atoms with Gasteiger partial charge >= 0.3 is 0 Å². The maximum Gasteiger partial charge on any atom is 0.225 e. The molecule has 4 rings (SSSR count). The van der Waals surface area contributed by atoms with Crippen molar-refractivity contribution in [3.05, 3.63) is 60.0 Å². The summed E-state index contributed by atoms with van der Waals surface area (Å²) in [5, 5.41) is 5.55. The number of hydrogen-bond donors (Lipinski definition) is 3. The molecule has 1 fully saturated rings. The zero-order valence-electron chi connectivity index (χ0n) is 15.5. The minimum absolute atomic E-state index is 0.0859. The van der Waals surface area contributed by atoms with Gasteiger partial charge in [0, 0.05) is 24.7 Å². The predicted molar refractivity (Wildman–Crippen MR) is 105 cm³/mol. The van der Waals surface area contributed by atoms with Crippen molar-refractivity contribution in [2.45, 2.75) is 19.9 Å². The summed E-state index contributed by atoms with van der Waals surface area (Å²) >= 11 is 0. The Kier molecular flexibility index (Phi) is 4.89. The first-order valence-corrected chi connectivity index (χ1v) is 9.22. The van der Waals surface area contributed by atoms with Crippen LogP contribution in [0, 0.1) is 12.8 Å². The van der Waals surface area contributed by atoms with Crippen molar-refractivity contribution in [1.29, 1.82) is 0 Å². The minimum Gasteiger partial charge on any atom is -0.355 e. The lowest BCUT2D eigenvalue weighted by Crippen LogP contribution is -2.31. The maximum absolute atomic E-state index is 12.3. The summed E-state index contributed by atoms with van der Waals surface area (Å²) in [7, 11) is 0. The summed E-state index contributed by atoms with van der Waals surface area (Å²) in [4.78, 5) is 36.0. The molecule has 2 aromatic heterocycles. The smallest absolute Gasteiger partial charge is 0.225 e. The van der Waals surface area contributed by atoms with E-state index in [9.17, 15) is 9.59 Å². The van der Waals surface area contributed by atoms with E-state index in [1.54, 1.807) is 6.20 Å². The van der Waals surface area contributed by atoms with Crippen molar-refractivity contribution in [3.63, 3.8) is 0 Å². The Morgan fingerprint density at radius 2 is 2.04 bits per heavy atom. The van der Waals surface area contributed by atoms with Crippen LogP contribution in [0.2, 0.25) is 0 Å². The first kappa shape index (κ1) is 17.9. The van der Waals surface area contributed by atoms with E-state index in [-0.39, 0.29) is 30.7 Å². The molecule has 0 radical (unpaired) electrons. The van der Waals surface area contributed by atoms with Gasteiger partial charge in [0.2, 0.25) is 11.8 Å². The van der Waals surface area contributed by atoms with Crippen molar-refractivity contribution in [3.8, 4) is 22.6 Å². The number of nitrogens with zero attached hydrogens (tertiary/aromatic N) is 2. The number of aromatic amines is 1. The Bertz CT molecular complexity index is 995. The zero-order valence-corrected chi connectivity index (χ0v) is 15.5. The third-order valence-corrected chi connectivity index (χ3v) is 4.78. The fourth-order valence-corrected chi connectivity index (χ4v) is 3.23. The number of rotatable bonds is 5. The molecule has 1 aliphatic rings. The third-order valence-electron chi connectivity index (χ3n) is 4.78. The van der Waals surface area contributed by atoms with Crippen LogP contribution < -0.4 is 10.6 Å². The van der Waals surface area contributed by atoms with Gasteiger partial charge in [-0.15, -0.1) is 0 Å². The van der Waals surface area contributed by atoms with Gasteiger partial charge in [-0.05, 0) is 19.1 Å². The molecule has 1 aliphatic heterocycles. The second kappa shape index (κ2) is 7.64. The van der Waals surface area contributed by atoms with Gasteiger partial charge in [-0.3, -0.25) is 14.6 Å². The van der Waals surface area contributed by atoms with E-state index in [1.807, 2.05) is 49.4 Å². The van der Waals surface area contributed by atoms with Crippen molar-refractivity contribution in [1.82, 2.24) is 25.6 Å². The molecular weight excluding hydrogens is 354 g/mol. The van der Waals surface area contributed by atoms with Gasteiger partial charge in [-0.2, -0.15) is 0 Å². The first-order chi connectivity index (χ1) is 13.6. The number of hydrogen-bond acceptors (Lipinski definition) is 4. The predicted octanol–water partition coefficient (Wildman–Crippen LogP) is 2.20. The Morgan fingerprint density at radius 3 is 2.71 bits per heavy atom. The second-order valence-corrected chi connectivity index (χ2v) is 6.91. The molecule has 1 aromatic carbocycles. The number of amides is 2. The molecule has 1 atom stereocenters. The van der Waals surface area contributed by atoms with Crippen LogP contribution in [0.25, 0.3) is 22.6 Å². The number of carbonyl (C=O) groups is 2. The molecule has 3 N–H and O–H groups in total. The molecule has 0 saturated carbocycles. The monoisotopic (exact) mass is 375 g/mol. The Hall–Kier alpha value is -3.48. The molecule has 0 bridgehead atoms. The molecule has 2 amide bonds. The number of H-pyrrole nitrogens is 1.